The van der Waals surface area contributed by atoms with Crippen LogP contribution < -0.4 is 4.90 Å². The van der Waals surface area contributed by atoms with E-state index in [1.165, 1.54) is 12.3 Å². The molecule has 1 saturated heterocycles. The van der Waals surface area contributed by atoms with Crippen LogP contribution >= 0.6 is 0 Å². The Morgan fingerprint density at radius 3 is 2.96 bits per heavy atom. The van der Waals surface area contributed by atoms with E-state index in [2.05, 4.69) is 9.97 Å². The number of imidazole rings is 1. The van der Waals surface area contributed by atoms with E-state index < -0.39 is 5.97 Å². The Bertz CT molecular complexity index is 869. The third-order valence-electron chi connectivity index (χ3n) is 4.26. The van der Waals surface area contributed by atoms with Crippen molar-refractivity contribution in [2.45, 2.75) is 25.4 Å². The summed E-state index contributed by atoms with van der Waals surface area (Å²) < 4.78 is 7.43. The van der Waals surface area contributed by atoms with E-state index >= 15 is 0 Å². The molecule has 9 nitrogen and oxygen atoms in total. The average molecular weight is 343 g/mol. The molecule has 0 saturated carbocycles. The molecular weight excluding hydrogens is 326 g/mol. The van der Waals surface area contributed by atoms with Crippen molar-refractivity contribution < 1.29 is 19.8 Å². The Kier molecular flexibility index (Phi) is 3.86. The number of carboxylic acid groups (broad SMARTS) is 1. The first-order valence-corrected chi connectivity index (χ1v) is 7.99. The zero-order valence-electron chi connectivity index (χ0n) is 13.3. The first-order chi connectivity index (χ1) is 12.1. The molecule has 0 radical (unpaired) electrons. The molecule has 25 heavy (non-hydrogen) atoms. The first kappa shape index (κ1) is 15.6. The monoisotopic (exact) mass is 343 g/mol. The number of hydrogen-bond donors (Lipinski definition) is 2. The van der Waals surface area contributed by atoms with Gasteiger partial charge in [0.1, 0.15) is 11.9 Å². The third-order valence-corrected chi connectivity index (χ3v) is 4.26. The van der Waals surface area contributed by atoms with E-state index in [-0.39, 0.29) is 11.8 Å². The van der Waals surface area contributed by atoms with Crippen LogP contribution in [0.5, 0.6) is 0 Å². The SMILES string of the molecule is O=C(O)c1ccn2c(N3C=CN(O)C(C4CCCCO4)=C3)cnc2n1. The Labute approximate surface area is 143 Å². The maximum Gasteiger partial charge on any atom is 0.354 e. The summed E-state index contributed by atoms with van der Waals surface area (Å²) >= 11 is 0. The Morgan fingerprint density at radius 1 is 1.32 bits per heavy atom. The second kappa shape index (κ2) is 6.19. The fourth-order valence-electron chi connectivity index (χ4n) is 2.98. The van der Waals surface area contributed by atoms with Gasteiger partial charge < -0.3 is 14.7 Å². The van der Waals surface area contributed by atoms with Gasteiger partial charge in [-0.2, -0.15) is 0 Å². The second-order valence-electron chi connectivity index (χ2n) is 5.86. The molecular formula is C16H17N5O4. The predicted molar refractivity (Wildman–Crippen MR) is 86.9 cm³/mol. The molecule has 1 atom stereocenters. The van der Waals surface area contributed by atoms with Gasteiger partial charge in [0.2, 0.25) is 5.78 Å². The normalized spacial score (nSPS) is 20.8. The van der Waals surface area contributed by atoms with Crippen LogP contribution in [0.2, 0.25) is 0 Å². The van der Waals surface area contributed by atoms with Gasteiger partial charge in [0.05, 0.1) is 11.9 Å². The lowest BCUT2D eigenvalue weighted by molar-refractivity contribution is -0.0560. The number of nitrogens with zero attached hydrogens (tertiary/aromatic N) is 5. The van der Waals surface area contributed by atoms with Crippen molar-refractivity contribution in [3.05, 3.63) is 48.5 Å². The summed E-state index contributed by atoms with van der Waals surface area (Å²) in [6.07, 6.45) is 11.0. The van der Waals surface area contributed by atoms with Crippen LogP contribution in [0.15, 0.2) is 42.8 Å². The molecule has 0 spiro atoms. The summed E-state index contributed by atoms with van der Waals surface area (Å²) in [7, 11) is 0. The maximum absolute atomic E-state index is 11.0. The minimum atomic E-state index is -1.10. The van der Waals surface area contributed by atoms with Crippen LogP contribution in [0.3, 0.4) is 0 Å². The van der Waals surface area contributed by atoms with Gasteiger partial charge in [0.15, 0.2) is 5.69 Å². The van der Waals surface area contributed by atoms with Crippen molar-refractivity contribution in [1.29, 1.82) is 0 Å². The molecule has 2 aromatic heterocycles. The van der Waals surface area contributed by atoms with Crippen LogP contribution in [-0.4, -0.2) is 48.4 Å². The van der Waals surface area contributed by atoms with E-state index in [0.717, 1.165) is 24.3 Å². The summed E-state index contributed by atoms with van der Waals surface area (Å²) in [4.78, 5) is 21.0. The smallest absolute Gasteiger partial charge is 0.354 e. The van der Waals surface area contributed by atoms with E-state index in [0.29, 0.717) is 23.9 Å². The topological polar surface area (TPSA) is 103 Å². The summed E-state index contributed by atoms with van der Waals surface area (Å²) in [5, 5.41) is 20.2. The molecule has 9 heteroatoms. The predicted octanol–water partition coefficient (Wildman–Crippen LogP) is 1.82. The molecule has 0 bridgehead atoms. The fraction of sp³-hybridized carbons (Fsp3) is 0.312. The summed E-state index contributed by atoms with van der Waals surface area (Å²) in [6, 6.07) is 1.42. The molecule has 1 fully saturated rings. The van der Waals surface area contributed by atoms with E-state index in [1.807, 2.05) is 0 Å². The van der Waals surface area contributed by atoms with Crippen molar-refractivity contribution in [3.63, 3.8) is 0 Å². The third kappa shape index (κ3) is 2.83. The highest BCUT2D eigenvalue weighted by atomic mass is 16.5. The van der Waals surface area contributed by atoms with Gasteiger partial charge in [-0.3, -0.25) is 9.61 Å². The van der Waals surface area contributed by atoms with E-state index in [4.69, 9.17) is 9.84 Å². The molecule has 0 aromatic carbocycles. The molecule has 4 heterocycles. The van der Waals surface area contributed by atoms with Crippen LogP contribution in [0.25, 0.3) is 5.78 Å². The van der Waals surface area contributed by atoms with Crippen molar-refractivity contribution in [2.24, 2.45) is 0 Å². The summed E-state index contributed by atoms with van der Waals surface area (Å²) in [6.45, 7) is 0.678. The fourth-order valence-corrected chi connectivity index (χ4v) is 2.98. The second-order valence-corrected chi connectivity index (χ2v) is 5.86. The lowest BCUT2D eigenvalue weighted by atomic mass is 10.1. The molecule has 4 rings (SSSR count). The van der Waals surface area contributed by atoms with Crippen molar-refractivity contribution in [3.8, 4) is 0 Å². The first-order valence-electron chi connectivity index (χ1n) is 7.99. The van der Waals surface area contributed by atoms with Crippen LogP contribution in [0.4, 0.5) is 5.82 Å². The Morgan fingerprint density at radius 2 is 2.20 bits per heavy atom. The maximum atomic E-state index is 11.0. The van der Waals surface area contributed by atoms with Crippen LogP contribution in [-0.2, 0) is 4.74 Å². The standard InChI is InChI=1S/C16H17N5O4/c22-15(23)11-4-5-20-14(9-17-16(20)18-11)19-6-7-21(24)12(10-19)13-3-1-2-8-25-13/h4-7,9-10,13,24H,1-3,8H2,(H,22,23). The molecule has 130 valence electrons. The number of anilines is 1. The summed E-state index contributed by atoms with van der Waals surface area (Å²) in [5.41, 5.74) is 0.583. The number of hydroxylamine groups is 2. The quantitative estimate of drug-likeness (QED) is 0.870. The van der Waals surface area contributed by atoms with Gasteiger partial charge in [0.25, 0.3) is 0 Å². The van der Waals surface area contributed by atoms with E-state index in [9.17, 15) is 10.0 Å². The Hall–Kier alpha value is -2.91. The zero-order chi connectivity index (χ0) is 17.4. The molecule has 2 N–H and O–H groups in total. The highest BCUT2D eigenvalue weighted by molar-refractivity contribution is 5.85. The number of fused-ring (bicyclic) bond motifs is 1. The number of carboxylic acids is 1. The van der Waals surface area contributed by atoms with Crippen molar-refractivity contribution in [2.75, 3.05) is 11.5 Å². The van der Waals surface area contributed by atoms with E-state index in [1.54, 1.807) is 34.1 Å². The minimum absolute atomic E-state index is 0.0628. The molecule has 0 aliphatic carbocycles. The number of rotatable bonds is 3. The lowest BCUT2D eigenvalue weighted by Gasteiger charge is -2.32. The van der Waals surface area contributed by atoms with Crippen molar-refractivity contribution in [1.82, 2.24) is 19.4 Å². The number of aromatic carboxylic acids is 1. The largest absolute Gasteiger partial charge is 0.477 e. The van der Waals surface area contributed by atoms with Gasteiger partial charge >= 0.3 is 5.97 Å². The molecule has 0 amide bonds. The minimum Gasteiger partial charge on any atom is -0.477 e. The molecule has 2 aromatic rings. The number of carbonyl (C=O) groups is 1. The average Bonchev–Trinajstić information content (AvgIpc) is 3.06. The van der Waals surface area contributed by atoms with Crippen molar-refractivity contribution >= 4 is 17.6 Å². The van der Waals surface area contributed by atoms with Gasteiger partial charge in [-0.05, 0) is 25.3 Å². The summed E-state index contributed by atoms with van der Waals surface area (Å²) in [5.74, 6) is -0.131. The number of aromatic nitrogens is 3. The van der Waals surface area contributed by atoms with Crippen LogP contribution in [0.1, 0.15) is 29.8 Å². The van der Waals surface area contributed by atoms with Gasteiger partial charge in [-0.25, -0.2) is 19.8 Å². The molecule has 1 unspecified atom stereocenters. The lowest BCUT2D eigenvalue weighted by Crippen LogP contribution is -2.33. The van der Waals surface area contributed by atoms with Crippen LogP contribution in [0, 0.1) is 0 Å². The zero-order valence-corrected chi connectivity index (χ0v) is 13.3. The number of ether oxygens (including phenoxy) is 1. The molecule has 2 aliphatic heterocycles. The van der Waals surface area contributed by atoms with Gasteiger partial charge in [0, 0.05) is 31.4 Å². The highest BCUT2D eigenvalue weighted by Crippen LogP contribution is 2.27. The highest BCUT2D eigenvalue weighted by Gasteiger charge is 2.25. The van der Waals surface area contributed by atoms with Gasteiger partial charge in [-0.15, -0.1) is 0 Å². The number of hydrogen-bond acceptors (Lipinski definition) is 7. The molecule has 2 aliphatic rings. The van der Waals surface area contributed by atoms with Gasteiger partial charge in [-0.1, -0.05) is 0 Å². The Balaban J connectivity index is 1.69.